The molecule has 1 atom stereocenters. The molecule has 1 amide bonds. The summed E-state index contributed by atoms with van der Waals surface area (Å²) in [5, 5.41) is 6.39. The highest BCUT2D eigenvalue weighted by atomic mass is 127. The average molecular weight is 460 g/mol. The summed E-state index contributed by atoms with van der Waals surface area (Å²) in [5.41, 5.74) is 0. The molecular weight excluding hydrogens is 431 g/mol. The molecule has 0 bridgehead atoms. The van der Waals surface area contributed by atoms with E-state index in [1.54, 1.807) is 6.92 Å². The van der Waals surface area contributed by atoms with Gasteiger partial charge in [0.05, 0.1) is 12.3 Å². The van der Waals surface area contributed by atoms with Crippen molar-refractivity contribution in [1.82, 2.24) is 15.5 Å². The molecule has 1 rings (SSSR count). The summed E-state index contributed by atoms with van der Waals surface area (Å²) < 4.78 is 23.0. The van der Waals surface area contributed by atoms with E-state index in [1.165, 1.54) is 0 Å². The molecule has 1 fully saturated rings. The monoisotopic (exact) mass is 460 g/mol. The van der Waals surface area contributed by atoms with Crippen molar-refractivity contribution < 1.29 is 13.2 Å². The number of likely N-dealkylation sites (tertiary alicyclic amines) is 1. The quantitative estimate of drug-likeness (QED) is 0.330. The number of nitrogens with one attached hydrogen (secondary N) is 2. The number of sulfone groups is 1. The first kappa shape index (κ1) is 22.4. The lowest BCUT2D eigenvalue weighted by molar-refractivity contribution is -0.129. The predicted molar refractivity (Wildman–Crippen MR) is 104 cm³/mol. The van der Waals surface area contributed by atoms with Gasteiger partial charge in [0.15, 0.2) is 15.8 Å². The third kappa shape index (κ3) is 8.18. The highest BCUT2D eigenvalue weighted by Crippen LogP contribution is 2.10. The first-order valence-corrected chi connectivity index (χ1v) is 9.77. The number of hydrogen-bond donors (Lipinski definition) is 2. The van der Waals surface area contributed by atoms with Crippen LogP contribution in [0.25, 0.3) is 0 Å². The zero-order valence-electron chi connectivity index (χ0n) is 14.2. The van der Waals surface area contributed by atoms with Crippen molar-refractivity contribution in [1.29, 1.82) is 0 Å². The molecule has 2 N–H and O–H groups in total. The highest BCUT2D eigenvalue weighted by molar-refractivity contribution is 14.0. The molecule has 0 radical (unpaired) electrons. The molecular formula is C14H29IN4O3S. The molecule has 0 aromatic rings. The third-order valence-corrected chi connectivity index (χ3v) is 5.32. The average Bonchev–Trinajstić information content (AvgIpc) is 2.95. The first-order valence-electron chi connectivity index (χ1n) is 7.94. The standard InChI is InChI=1S/C14H28N4O3S.HI/c1-4-13(19)18-9-7-12(11-18)17-14(15-5-2)16-8-10-22(20,21)6-3;/h12H,4-11H2,1-3H3,(H2,15,16,17);1H. The Morgan fingerprint density at radius 2 is 2.00 bits per heavy atom. The molecule has 0 aromatic heterocycles. The minimum Gasteiger partial charge on any atom is -0.357 e. The van der Waals surface area contributed by atoms with E-state index in [-0.39, 0.29) is 54.0 Å². The second kappa shape index (κ2) is 11.1. The number of carbonyl (C=O) groups is 1. The van der Waals surface area contributed by atoms with E-state index in [9.17, 15) is 13.2 Å². The lowest BCUT2D eigenvalue weighted by Crippen LogP contribution is -2.45. The molecule has 0 saturated carbocycles. The minimum atomic E-state index is -3.00. The van der Waals surface area contributed by atoms with Crippen LogP contribution in [0, 0.1) is 0 Å². The smallest absolute Gasteiger partial charge is 0.222 e. The van der Waals surface area contributed by atoms with Gasteiger partial charge in [0.1, 0.15) is 0 Å². The molecule has 136 valence electrons. The molecule has 0 spiro atoms. The fourth-order valence-corrected chi connectivity index (χ4v) is 2.94. The Labute approximate surface area is 156 Å². The first-order chi connectivity index (χ1) is 10.4. The van der Waals surface area contributed by atoms with Crippen LogP contribution in [-0.4, -0.2) is 68.9 Å². The molecule has 0 aromatic carbocycles. The molecule has 1 aliphatic rings. The van der Waals surface area contributed by atoms with Crippen LogP contribution in [0.15, 0.2) is 4.99 Å². The highest BCUT2D eigenvalue weighted by Gasteiger charge is 2.25. The topological polar surface area (TPSA) is 90.9 Å². The molecule has 0 aliphatic carbocycles. The second-order valence-electron chi connectivity index (χ2n) is 5.32. The Hall–Kier alpha value is -0.580. The van der Waals surface area contributed by atoms with E-state index in [4.69, 9.17) is 0 Å². The van der Waals surface area contributed by atoms with Gasteiger partial charge in [0.25, 0.3) is 0 Å². The van der Waals surface area contributed by atoms with Crippen molar-refractivity contribution in [3.63, 3.8) is 0 Å². The van der Waals surface area contributed by atoms with Crippen molar-refractivity contribution >= 4 is 45.7 Å². The third-order valence-electron chi connectivity index (χ3n) is 3.64. The van der Waals surface area contributed by atoms with Gasteiger partial charge in [0.2, 0.25) is 5.91 Å². The lowest BCUT2D eigenvalue weighted by Gasteiger charge is -2.18. The van der Waals surface area contributed by atoms with Gasteiger partial charge < -0.3 is 15.5 Å². The van der Waals surface area contributed by atoms with Crippen molar-refractivity contribution in [2.24, 2.45) is 4.99 Å². The zero-order chi connectivity index (χ0) is 16.6. The van der Waals surface area contributed by atoms with Crippen LogP contribution < -0.4 is 10.6 Å². The SMILES string of the molecule is CCNC(=NCCS(=O)(=O)CC)NC1CCN(C(=O)CC)C1.I. The second-order valence-corrected chi connectivity index (χ2v) is 7.79. The molecule has 23 heavy (non-hydrogen) atoms. The molecule has 9 heteroatoms. The van der Waals surface area contributed by atoms with Crippen molar-refractivity contribution in [3.8, 4) is 0 Å². The van der Waals surface area contributed by atoms with Crippen LogP contribution in [0.4, 0.5) is 0 Å². The van der Waals surface area contributed by atoms with Crippen LogP contribution in [0.1, 0.15) is 33.6 Å². The number of aliphatic imine (C=N–C) groups is 1. The minimum absolute atomic E-state index is 0. The maximum atomic E-state index is 11.7. The van der Waals surface area contributed by atoms with Crippen molar-refractivity contribution in [2.75, 3.05) is 37.7 Å². The van der Waals surface area contributed by atoms with E-state index in [0.29, 0.717) is 25.5 Å². The molecule has 1 aliphatic heterocycles. The summed E-state index contributed by atoms with van der Waals surface area (Å²) in [6.07, 6.45) is 1.40. The number of halogens is 1. The van der Waals surface area contributed by atoms with E-state index in [2.05, 4.69) is 15.6 Å². The number of rotatable bonds is 7. The number of guanidine groups is 1. The molecule has 1 heterocycles. The Balaban J connectivity index is 0.00000484. The normalized spacial score (nSPS) is 18.5. The summed E-state index contributed by atoms with van der Waals surface area (Å²) in [4.78, 5) is 17.8. The van der Waals surface area contributed by atoms with Gasteiger partial charge in [-0.05, 0) is 13.3 Å². The van der Waals surface area contributed by atoms with Gasteiger partial charge in [-0.15, -0.1) is 24.0 Å². The molecule has 1 saturated heterocycles. The number of carbonyl (C=O) groups excluding carboxylic acids is 1. The summed E-state index contributed by atoms with van der Waals surface area (Å²) in [6, 6.07) is 0.163. The number of amides is 1. The number of nitrogens with zero attached hydrogens (tertiary/aromatic N) is 2. The van der Waals surface area contributed by atoms with Gasteiger partial charge in [-0.2, -0.15) is 0 Å². The van der Waals surface area contributed by atoms with Crippen molar-refractivity contribution in [3.05, 3.63) is 0 Å². The Morgan fingerprint density at radius 3 is 2.57 bits per heavy atom. The Bertz CT molecular complexity index is 496. The zero-order valence-corrected chi connectivity index (χ0v) is 17.3. The maximum absolute atomic E-state index is 11.7. The summed E-state index contributed by atoms with van der Waals surface area (Å²) in [6.45, 7) is 7.84. The van der Waals surface area contributed by atoms with Gasteiger partial charge >= 0.3 is 0 Å². The number of hydrogen-bond acceptors (Lipinski definition) is 4. The van der Waals surface area contributed by atoms with E-state index in [0.717, 1.165) is 13.0 Å². The summed E-state index contributed by atoms with van der Waals surface area (Å²) >= 11 is 0. The van der Waals surface area contributed by atoms with Gasteiger partial charge in [-0.25, -0.2) is 8.42 Å². The van der Waals surface area contributed by atoms with Crippen LogP contribution in [-0.2, 0) is 14.6 Å². The van der Waals surface area contributed by atoms with Crippen LogP contribution >= 0.6 is 24.0 Å². The van der Waals surface area contributed by atoms with E-state index >= 15 is 0 Å². The van der Waals surface area contributed by atoms with Gasteiger partial charge in [-0.3, -0.25) is 9.79 Å². The molecule has 1 unspecified atom stereocenters. The Kier molecular flexibility index (Phi) is 10.8. The Morgan fingerprint density at radius 1 is 1.30 bits per heavy atom. The van der Waals surface area contributed by atoms with E-state index in [1.807, 2.05) is 18.7 Å². The lowest BCUT2D eigenvalue weighted by atomic mass is 10.3. The van der Waals surface area contributed by atoms with E-state index < -0.39 is 9.84 Å². The largest absolute Gasteiger partial charge is 0.357 e. The van der Waals surface area contributed by atoms with Crippen molar-refractivity contribution in [2.45, 2.75) is 39.7 Å². The summed E-state index contributed by atoms with van der Waals surface area (Å²) in [7, 11) is -3.00. The fourth-order valence-electron chi connectivity index (χ4n) is 2.28. The summed E-state index contributed by atoms with van der Waals surface area (Å²) in [5.74, 6) is 0.985. The van der Waals surface area contributed by atoms with Gasteiger partial charge in [0, 0.05) is 37.8 Å². The maximum Gasteiger partial charge on any atom is 0.222 e. The fraction of sp³-hybridized carbons (Fsp3) is 0.857. The van der Waals surface area contributed by atoms with Crippen LogP contribution in [0.2, 0.25) is 0 Å². The van der Waals surface area contributed by atoms with Crippen LogP contribution in [0.5, 0.6) is 0 Å². The van der Waals surface area contributed by atoms with Gasteiger partial charge in [-0.1, -0.05) is 13.8 Å². The van der Waals surface area contributed by atoms with Crippen LogP contribution in [0.3, 0.4) is 0 Å². The molecule has 7 nitrogen and oxygen atoms in total. The predicted octanol–water partition coefficient (Wildman–Crippen LogP) is 0.605.